The number of halogens is 5. The Bertz CT molecular complexity index is 611. The van der Waals surface area contributed by atoms with E-state index in [0.29, 0.717) is 0 Å². The summed E-state index contributed by atoms with van der Waals surface area (Å²) in [5, 5.41) is -0.496. The largest absolute Gasteiger partial charge is 0.443 e. The molecule has 0 saturated carbocycles. The van der Waals surface area contributed by atoms with Gasteiger partial charge in [-0.15, -0.1) is 0 Å². The fraction of sp³-hybridized carbons (Fsp3) is 0.562. The van der Waals surface area contributed by atoms with Gasteiger partial charge >= 0.3 is 12.3 Å². The predicted molar refractivity (Wildman–Crippen MR) is 92.6 cm³/mol. The summed E-state index contributed by atoms with van der Waals surface area (Å²) < 4.78 is 44.2. The van der Waals surface area contributed by atoms with E-state index < -0.39 is 34.0 Å². The molecule has 1 rings (SSSR count). The molecule has 0 atom stereocenters. The molecular formula is C16H20BrClF3NO2. The van der Waals surface area contributed by atoms with Crippen LogP contribution in [0.1, 0.15) is 47.1 Å². The van der Waals surface area contributed by atoms with Crippen molar-refractivity contribution < 1.29 is 22.7 Å². The zero-order chi connectivity index (χ0) is 19.1. The average molecular weight is 431 g/mol. The Morgan fingerprint density at radius 2 is 1.62 bits per heavy atom. The van der Waals surface area contributed by atoms with Crippen molar-refractivity contribution in [1.82, 2.24) is 0 Å². The Morgan fingerprint density at radius 3 is 1.96 bits per heavy atom. The highest BCUT2D eigenvalue weighted by Crippen LogP contribution is 2.43. The Balaban J connectivity index is 3.44. The minimum absolute atomic E-state index is 0.210. The Morgan fingerprint density at radius 1 is 1.12 bits per heavy atom. The summed E-state index contributed by atoms with van der Waals surface area (Å²) in [5.74, 6) is 0. The van der Waals surface area contributed by atoms with Crippen LogP contribution in [0, 0.1) is 0 Å². The first-order chi connectivity index (χ1) is 10.5. The van der Waals surface area contributed by atoms with Crippen molar-refractivity contribution in [3.63, 3.8) is 0 Å². The molecule has 8 heteroatoms. The molecule has 0 saturated heterocycles. The molecule has 0 fully saturated rings. The lowest BCUT2D eigenvalue weighted by atomic mass is 10.0. The number of hydrogen-bond donors (Lipinski definition) is 0. The van der Waals surface area contributed by atoms with Gasteiger partial charge in [0, 0.05) is 10.0 Å². The molecule has 3 nitrogen and oxygen atoms in total. The Hall–Kier alpha value is -0.950. The SMILES string of the molecule is CC(C)(C)OC(=O)N(c1cc(Cl)c(C(F)(F)F)c(Br)c1)C(C)(C)C. The van der Waals surface area contributed by atoms with E-state index in [-0.39, 0.29) is 10.2 Å². The summed E-state index contributed by atoms with van der Waals surface area (Å²) in [6.07, 6.45) is -5.27. The zero-order valence-electron chi connectivity index (χ0n) is 14.3. The predicted octanol–water partition coefficient (Wildman–Crippen LogP) is 6.66. The second-order valence-corrected chi connectivity index (χ2v) is 8.53. The summed E-state index contributed by atoms with van der Waals surface area (Å²) in [7, 11) is 0. The average Bonchev–Trinajstić information content (AvgIpc) is 2.19. The van der Waals surface area contributed by atoms with Gasteiger partial charge in [0.15, 0.2) is 0 Å². The summed E-state index contributed by atoms with van der Waals surface area (Å²) in [6.45, 7) is 10.4. The zero-order valence-corrected chi connectivity index (χ0v) is 16.7. The molecule has 0 spiro atoms. The van der Waals surface area contributed by atoms with E-state index in [1.807, 2.05) is 0 Å². The van der Waals surface area contributed by atoms with Crippen molar-refractivity contribution in [3.8, 4) is 0 Å². The maximum absolute atomic E-state index is 13.0. The van der Waals surface area contributed by atoms with Gasteiger partial charge in [-0.25, -0.2) is 4.79 Å². The van der Waals surface area contributed by atoms with Gasteiger partial charge in [-0.05, 0) is 53.7 Å². The van der Waals surface area contributed by atoms with Crippen molar-refractivity contribution in [2.75, 3.05) is 4.90 Å². The Kier molecular flexibility index (Phi) is 5.93. The first-order valence-corrected chi connectivity index (χ1v) is 8.30. The lowest BCUT2D eigenvalue weighted by molar-refractivity contribution is -0.138. The first kappa shape index (κ1) is 21.1. The van der Waals surface area contributed by atoms with Crippen molar-refractivity contribution in [2.24, 2.45) is 0 Å². The van der Waals surface area contributed by atoms with Gasteiger partial charge in [0.2, 0.25) is 0 Å². The second-order valence-electron chi connectivity index (χ2n) is 7.27. The highest BCUT2D eigenvalue weighted by molar-refractivity contribution is 9.10. The topological polar surface area (TPSA) is 29.5 Å². The van der Waals surface area contributed by atoms with Crippen LogP contribution in [0.25, 0.3) is 0 Å². The third-order valence-corrected chi connectivity index (χ3v) is 3.74. The lowest BCUT2D eigenvalue weighted by Crippen LogP contribution is -2.48. The molecule has 0 aliphatic heterocycles. The number of ether oxygens (including phenoxy) is 1. The smallest absolute Gasteiger partial charge is 0.418 e. The van der Waals surface area contributed by atoms with Gasteiger partial charge in [0.1, 0.15) is 5.60 Å². The van der Waals surface area contributed by atoms with Crippen LogP contribution in [0.15, 0.2) is 16.6 Å². The molecule has 0 aromatic heterocycles. The number of amides is 1. The molecule has 0 unspecified atom stereocenters. The number of carbonyl (C=O) groups excluding carboxylic acids is 1. The first-order valence-electron chi connectivity index (χ1n) is 7.13. The Labute approximate surface area is 153 Å². The van der Waals surface area contributed by atoms with Crippen LogP contribution in [0.4, 0.5) is 23.7 Å². The molecule has 0 bridgehead atoms. The monoisotopic (exact) mass is 429 g/mol. The molecular weight excluding hydrogens is 411 g/mol. The number of carbonyl (C=O) groups is 1. The van der Waals surface area contributed by atoms with E-state index in [9.17, 15) is 18.0 Å². The van der Waals surface area contributed by atoms with Crippen molar-refractivity contribution >= 4 is 39.3 Å². The van der Waals surface area contributed by atoms with Gasteiger partial charge in [0.05, 0.1) is 16.3 Å². The van der Waals surface area contributed by atoms with Crippen LogP contribution in [0.3, 0.4) is 0 Å². The molecule has 0 radical (unpaired) electrons. The fourth-order valence-electron chi connectivity index (χ4n) is 2.03. The molecule has 0 aliphatic carbocycles. The number of benzene rings is 1. The number of rotatable bonds is 1. The normalized spacial score (nSPS) is 13.0. The van der Waals surface area contributed by atoms with Crippen LogP contribution in [-0.2, 0) is 10.9 Å². The third-order valence-electron chi connectivity index (χ3n) is 2.82. The van der Waals surface area contributed by atoms with Crippen LogP contribution in [0.5, 0.6) is 0 Å². The second kappa shape index (κ2) is 6.75. The van der Waals surface area contributed by atoms with E-state index in [1.165, 1.54) is 11.0 Å². The molecule has 136 valence electrons. The van der Waals surface area contributed by atoms with Gasteiger partial charge < -0.3 is 4.74 Å². The standard InChI is InChI=1S/C16H20BrClF3NO2/c1-14(2,3)22(13(23)24-15(4,5)6)9-7-10(17)12(11(18)8-9)16(19,20)21/h7-8H,1-6H3. The van der Waals surface area contributed by atoms with Crippen molar-refractivity contribution in [2.45, 2.75) is 58.9 Å². The third kappa shape index (κ3) is 5.28. The van der Waals surface area contributed by atoms with Gasteiger partial charge in [-0.2, -0.15) is 13.2 Å². The van der Waals surface area contributed by atoms with Gasteiger partial charge in [-0.3, -0.25) is 4.90 Å². The van der Waals surface area contributed by atoms with Crippen LogP contribution < -0.4 is 4.90 Å². The van der Waals surface area contributed by atoms with Crippen LogP contribution >= 0.6 is 27.5 Å². The van der Waals surface area contributed by atoms with Crippen molar-refractivity contribution in [1.29, 1.82) is 0 Å². The summed E-state index contributed by atoms with van der Waals surface area (Å²) in [6, 6.07) is 2.33. The molecule has 0 aliphatic rings. The molecule has 0 N–H and O–H groups in total. The lowest BCUT2D eigenvalue weighted by Gasteiger charge is -2.37. The van der Waals surface area contributed by atoms with E-state index in [1.54, 1.807) is 41.5 Å². The summed E-state index contributed by atoms with van der Waals surface area (Å²) in [4.78, 5) is 13.8. The van der Waals surface area contributed by atoms with Gasteiger partial charge in [0.25, 0.3) is 0 Å². The van der Waals surface area contributed by atoms with Crippen LogP contribution in [0.2, 0.25) is 5.02 Å². The highest BCUT2D eigenvalue weighted by atomic mass is 79.9. The van der Waals surface area contributed by atoms with Crippen molar-refractivity contribution in [3.05, 3.63) is 27.2 Å². The van der Waals surface area contributed by atoms with E-state index in [0.717, 1.165) is 6.07 Å². The number of hydrogen-bond acceptors (Lipinski definition) is 2. The quantitative estimate of drug-likeness (QED) is 0.498. The van der Waals surface area contributed by atoms with Crippen LogP contribution in [-0.4, -0.2) is 17.2 Å². The summed E-state index contributed by atoms with van der Waals surface area (Å²) in [5.41, 5.74) is -2.24. The molecule has 1 amide bonds. The van der Waals surface area contributed by atoms with Gasteiger partial charge in [-0.1, -0.05) is 27.5 Å². The molecule has 24 heavy (non-hydrogen) atoms. The fourth-order valence-corrected chi connectivity index (χ4v) is 3.14. The summed E-state index contributed by atoms with van der Waals surface area (Å²) >= 11 is 8.72. The molecule has 0 heterocycles. The molecule has 1 aromatic carbocycles. The maximum atomic E-state index is 13.0. The molecule has 1 aromatic rings. The minimum atomic E-state index is -4.60. The van der Waals surface area contributed by atoms with E-state index in [4.69, 9.17) is 16.3 Å². The van der Waals surface area contributed by atoms with E-state index in [2.05, 4.69) is 15.9 Å². The minimum Gasteiger partial charge on any atom is -0.443 e. The van der Waals surface area contributed by atoms with E-state index >= 15 is 0 Å². The number of alkyl halides is 3. The maximum Gasteiger partial charge on any atom is 0.418 e. The number of anilines is 1. The number of nitrogens with zero attached hydrogens (tertiary/aromatic N) is 1. The highest BCUT2D eigenvalue weighted by Gasteiger charge is 2.38.